The van der Waals surface area contributed by atoms with Crippen molar-refractivity contribution in [1.82, 2.24) is 4.90 Å². The van der Waals surface area contributed by atoms with Crippen LogP contribution in [0.15, 0.2) is 58.0 Å². The number of alkyl halides is 2. The van der Waals surface area contributed by atoms with E-state index in [1.54, 1.807) is 23.9 Å². The van der Waals surface area contributed by atoms with Gasteiger partial charge in [0.15, 0.2) is 0 Å². The van der Waals surface area contributed by atoms with E-state index >= 15 is 0 Å². The zero-order valence-corrected chi connectivity index (χ0v) is 16.0. The van der Waals surface area contributed by atoms with E-state index in [0.717, 1.165) is 55.6 Å². The van der Waals surface area contributed by atoms with E-state index in [1.165, 1.54) is 4.91 Å². The molecule has 0 radical (unpaired) electrons. The topological polar surface area (TPSA) is 6.48 Å². The van der Waals surface area contributed by atoms with Crippen molar-refractivity contribution >= 4 is 17.4 Å². The fourth-order valence-corrected chi connectivity index (χ4v) is 4.92. The minimum absolute atomic E-state index is 0.0898. The van der Waals surface area contributed by atoms with Crippen LogP contribution in [-0.4, -0.2) is 31.1 Å². The molecule has 0 spiro atoms. The maximum atomic E-state index is 14.0. The van der Waals surface area contributed by atoms with Gasteiger partial charge in [0.05, 0.1) is 11.4 Å². The van der Waals surface area contributed by atoms with Crippen LogP contribution in [0.5, 0.6) is 0 Å². The average molecular weight is 375 g/mol. The van der Waals surface area contributed by atoms with Crippen LogP contribution in [0.3, 0.4) is 0 Å². The number of rotatable bonds is 2. The Kier molecular flexibility index (Phi) is 4.70. The Morgan fingerprint density at radius 1 is 1.12 bits per heavy atom. The van der Waals surface area contributed by atoms with Crippen molar-refractivity contribution in [2.75, 3.05) is 25.0 Å². The predicted octanol–water partition coefficient (Wildman–Crippen LogP) is 5.53. The van der Waals surface area contributed by atoms with Gasteiger partial charge in [0.1, 0.15) is 0 Å². The van der Waals surface area contributed by atoms with Gasteiger partial charge in [0.2, 0.25) is 0 Å². The number of allylic oxidation sites excluding steroid dienone is 4. The summed E-state index contributed by atoms with van der Waals surface area (Å²) >= 11 is 1.69. The molecule has 0 N–H and O–H groups in total. The van der Waals surface area contributed by atoms with Gasteiger partial charge < -0.3 is 9.80 Å². The quantitative estimate of drug-likeness (QED) is 0.672. The second kappa shape index (κ2) is 6.86. The van der Waals surface area contributed by atoms with E-state index in [-0.39, 0.29) is 5.56 Å². The molecule has 3 aliphatic rings. The summed E-state index contributed by atoms with van der Waals surface area (Å²) in [4.78, 5) is 6.94. The number of fused-ring (bicyclic) bond motifs is 1. The largest absolute Gasteiger partial charge is 0.336 e. The summed E-state index contributed by atoms with van der Waals surface area (Å²) in [6, 6.07) is 5.47. The number of thioether (sulfide) groups is 1. The van der Waals surface area contributed by atoms with Crippen molar-refractivity contribution in [3.8, 4) is 0 Å². The molecule has 0 bridgehead atoms. The van der Waals surface area contributed by atoms with E-state index in [4.69, 9.17) is 0 Å². The molecule has 138 valence electrons. The summed E-state index contributed by atoms with van der Waals surface area (Å²) in [6.45, 7) is 3.05. The van der Waals surface area contributed by atoms with E-state index in [0.29, 0.717) is 6.04 Å². The number of halogens is 2. The highest BCUT2D eigenvalue weighted by Gasteiger charge is 2.34. The lowest BCUT2D eigenvalue weighted by molar-refractivity contribution is 0.0174. The predicted molar refractivity (Wildman–Crippen MR) is 105 cm³/mol. The molecule has 1 aromatic carbocycles. The normalized spacial score (nSPS) is 21.6. The van der Waals surface area contributed by atoms with E-state index < -0.39 is 5.92 Å². The highest BCUT2D eigenvalue weighted by molar-refractivity contribution is 8.03. The van der Waals surface area contributed by atoms with Crippen LogP contribution in [0.25, 0.3) is 0 Å². The molecule has 2 aliphatic heterocycles. The fraction of sp³-hybridized carbons (Fsp3) is 0.429. The Morgan fingerprint density at radius 3 is 2.58 bits per heavy atom. The monoisotopic (exact) mass is 374 g/mol. The number of anilines is 1. The minimum atomic E-state index is -2.83. The van der Waals surface area contributed by atoms with Crippen molar-refractivity contribution in [3.63, 3.8) is 0 Å². The highest BCUT2D eigenvalue weighted by Crippen LogP contribution is 2.48. The first-order valence-corrected chi connectivity index (χ1v) is 10.0. The molecule has 1 aliphatic carbocycles. The van der Waals surface area contributed by atoms with Gasteiger partial charge in [-0.1, -0.05) is 30.0 Å². The summed E-state index contributed by atoms with van der Waals surface area (Å²) in [5, 5.41) is 0. The first-order chi connectivity index (χ1) is 12.4. The van der Waals surface area contributed by atoms with Crippen molar-refractivity contribution in [2.45, 2.75) is 43.0 Å². The summed E-state index contributed by atoms with van der Waals surface area (Å²) in [6.07, 6.45) is 11.7. The van der Waals surface area contributed by atoms with Crippen LogP contribution in [0.4, 0.5) is 14.5 Å². The van der Waals surface area contributed by atoms with Gasteiger partial charge in [0.25, 0.3) is 5.92 Å². The van der Waals surface area contributed by atoms with Gasteiger partial charge >= 0.3 is 0 Å². The molecule has 0 aromatic heterocycles. The maximum absolute atomic E-state index is 14.0. The van der Waals surface area contributed by atoms with Crippen molar-refractivity contribution < 1.29 is 8.78 Å². The Morgan fingerprint density at radius 2 is 1.85 bits per heavy atom. The van der Waals surface area contributed by atoms with Crippen LogP contribution < -0.4 is 4.90 Å². The number of hydrogen-bond donors (Lipinski definition) is 0. The summed E-state index contributed by atoms with van der Waals surface area (Å²) in [5.74, 6) is -2.83. The molecule has 0 amide bonds. The molecule has 26 heavy (non-hydrogen) atoms. The molecule has 4 rings (SSSR count). The Hall–Kier alpha value is -1.59. The summed E-state index contributed by atoms with van der Waals surface area (Å²) in [5.41, 5.74) is 2.18. The highest BCUT2D eigenvalue weighted by atomic mass is 32.2. The zero-order valence-electron chi connectivity index (χ0n) is 15.2. The van der Waals surface area contributed by atoms with E-state index in [9.17, 15) is 8.78 Å². The average Bonchev–Trinajstić information content (AvgIpc) is 2.84. The van der Waals surface area contributed by atoms with Gasteiger partial charge in [0, 0.05) is 28.3 Å². The molecular weight excluding hydrogens is 350 g/mol. The first kappa shape index (κ1) is 17.8. The lowest BCUT2D eigenvalue weighted by Gasteiger charge is -2.42. The molecule has 1 saturated heterocycles. The van der Waals surface area contributed by atoms with Crippen LogP contribution in [0.2, 0.25) is 0 Å². The van der Waals surface area contributed by atoms with Crippen LogP contribution >= 0.6 is 11.8 Å². The summed E-state index contributed by atoms with van der Waals surface area (Å²) < 4.78 is 27.9. The lowest BCUT2D eigenvalue weighted by Crippen LogP contribution is -2.44. The van der Waals surface area contributed by atoms with Crippen molar-refractivity contribution in [1.29, 1.82) is 0 Å². The lowest BCUT2D eigenvalue weighted by atomic mass is 10.00. The third-order valence-electron chi connectivity index (χ3n) is 5.33. The molecule has 5 heteroatoms. The Balaban J connectivity index is 1.81. The number of benzene rings is 1. The summed E-state index contributed by atoms with van der Waals surface area (Å²) in [7, 11) is 2.14. The number of nitrogens with zero attached hydrogens (tertiary/aromatic N) is 2. The third kappa shape index (κ3) is 3.35. The molecule has 1 fully saturated rings. The molecule has 1 aromatic rings. The van der Waals surface area contributed by atoms with Gasteiger partial charge in [-0.15, -0.1) is 0 Å². The third-order valence-corrected chi connectivity index (χ3v) is 6.46. The number of hydrogen-bond acceptors (Lipinski definition) is 3. The maximum Gasteiger partial charge on any atom is 0.270 e. The standard InChI is InChI=1S/C21H24F2N2S/c1-21(22,23)15-8-9-20-18(14-15)25(16-10-12-24(2)13-11-16)17-6-4-3-5-7-19(17)26-20/h4-9,14,16H,3,10-13H2,1-2H3. The van der Waals surface area contributed by atoms with Crippen LogP contribution in [-0.2, 0) is 5.92 Å². The Labute approximate surface area is 158 Å². The van der Waals surface area contributed by atoms with Crippen molar-refractivity contribution in [2.24, 2.45) is 0 Å². The molecule has 0 saturated carbocycles. The number of likely N-dealkylation sites (tertiary alicyclic amines) is 1. The smallest absolute Gasteiger partial charge is 0.270 e. The van der Waals surface area contributed by atoms with Crippen LogP contribution in [0.1, 0.15) is 31.7 Å². The van der Waals surface area contributed by atoms with E-state index in [1.807, 2.05) is 6.07 Å². The van der Waals surface area contributed by atoms with E-state index in [2.05, 4.69) is 41.2 Å². The molecule has 0 atom stereocenters. The van der Waals surface area contributed by atoms with Crippen molar-refractivity contribution in [3.05, 3.63) is 58.7 Å². The minimum Gasteiger partial charge on any atom is -0.336 e. The second-order valence-corrected chi connectivity index (χ2v) is 8.45. The first-order valence-electron chi connectivity index (χ1n) is 9.19. The number of piperidine rings is 1. The van der Waals surface area contributed by atoms with Gasteiger partial charge in [-0.2, -0.15) is 0 Å². The van der Waals surface area contributed by atoms with Gasteiger partial charge in [-0.3, -0.25) is 0 Å². The molecule has 0 unspecified atom stereocenters. The van der Waals surface area contributed by atoms with Gasteiger partial charge in [-0.25, -0.2) is 8.78 Å². The zero-order chi connectivity index (χ0) is 18.3. The second-order valence-electron chi connectivity index (χ2n) is 7.37. The van der Waals surface area contributed by atoms with Gasteiger partial charge in [-0.05, 0) is 63.7 Å². The molecular formula is C21H24F2N2S. The molecule has 2 nitrogen and oxygen atoms in total. The SMILES string of the molecule is CN1CCC(N2C3=C(C=CCC=C3)Sc3ccc(C(C)(F)F)cc32)CC1. The van der Waals surface area contributed by atoms with Crippen LogP contribution in [0, 0.1) is 0 Å². The fourth-order valence-electron chi connectivity index (χ4n) is 3.85. The Bertz CT molecular complexity index is 784. The molecule has 2 heterocycles.